The van der Waals surface area contributed by atoms with E-state index in [1.807, 2.05) is 0 Å². The van der Waals surface area contributed by atoms with Crippen LogP contribution in [0.25, 0.3) is 0 Å². The second-order valence-corrected chi connectivity index (χ2v) is 29.2. The Morgan fingerprint density at radius 3 is 0.587 bits per heavy atom. The van der Waals surface area contributed by atoms with Crippen LogP contribution in [0, 0.1) is 0 Å². The third-order valence-corrected chi connectivity index (χ3v) is 31.5. The van der Waals surface area contributed by atoms with Crippen molar-refractivity contribution < 1.29 is 0 Å². The lowest BCUT2D eigenvalue weighted by Crippen LogP contribution is -2.23. The van der Waals surface area contributed by atoms with Gasteiger partial charge in [-0.1, -0.05) is 225 Å². The van der Waals surface area contributed by atoms with Gasteiger partial charge in [0.05, 0.1) is 0 Å². The number of rotatable bonds is 12. The normalized spacial score (nSPS) is 12.2. The van der Waals surface area contributed by atoms with Crippen LogP contribution in [0.4, 0.5) is 0 Å². The molecule has 6 rings (SSSR count). The predicted molar refractivity (Wildman–Crippen MR) is 221 cm³/mol. The average molecular weight is 725 g/mol. The van der Waals surface area contributed by atoms with E-state index in [9.17, 15) is 0 Å². The Hall–Kier alpha value is -2.30. The van der Waals surface area contributed by atoms with Gasteiger partial charge >= 0.3 is 0 Å². The molecule has 0 heterocycles. The molecule has 0 aliphatic rings. The summed E-state index contributed by atoms with van der Waals surface area (Å²) in [5.41, 5.74) is 0. The molecule has 46 heavy (non-hydrogen) atoms. The third-order valence-electron chi connectivity index (χ3n) is 8.24. The van der Waals surface area contributed by atoms with E-state index in [-0.39, 0.29) is 0 Å². The SMILES string of the molecule is S=P(CP(CP(=S)(c1ccccc1)c1ccccc1)CP(=S)(c1ccccc1)c1ccccc1)(c1ccccc1)c1ccccc1. The van der Waals surface area contributed by atoms with Gasteiger partial charge in [-0.05, 0) is 31.8 Å². The first-order chi connectivity index (χ1) is 22.4. The molecule has 6 aromatic rings. The molecule has 7 heteroatoms. The highest BCUT2D eigenvalue weighted by Crippen LogP contribution is 2.68. The van der Waals surface area contributed by atoms with Gasteiger partial charge in [0.15, 0.2) is 0 Å². The van der Waals surface area contributed by atoms with Crippen molar-refractivity contribution in [2.45, 2.75) is 0 Å². The van der Waals surface area contributed by atoms with Crippen molar-refractivity contribution in [1.82, 2.24) is 0 Å². The molecule has 0 amide bonds. The standard InChI is InChI=1S/C39H36P4S3/c44-41(34-19-7-1-8-20-34,35-21-9-2-10-22-35)31-40(32-42(45,36-23-11-3-12-24-36)37-25-13-4-14-26-37)33-43(46,38-27-15-5-16-28-38)39-29-17-6-18-30-39/h1-30H,31-33H2. The molecule has 230 valence electrons. The van der Waals surface area contributed by atoms with Crippen LogP contribution in [0.1, 0.15) is 0 Å². The van der Waals surface area contributed by atoms with Gasteiger partial charge in [0.1, 0.15) is 0 Å². The highest BCUT2D eigenvalue weighted by molar-refractivity contribution is 8.29. The number of hydrogen-bond donors (Lipinski definition) is 0. The van der Waals surface area contributed by atoms with Crippen LogP contribution >= 0.6 is 26.0 Å². The molecule has 0 aliphatic carbocycles. The Morgan fingerprint density at radius 2 is 0.435 bits per heavy atom. The number of hydrogen-bond acceptors (Lipinski definition) is 3. The Kier molecular flexibility index (Phi) is 11.2. The first-order valence-corrected chi connectivity index (χ1v) is 26.1. The van der Waals surface area contributed by atoms with E-state index in [0.29, 0.717) is 0 Å². The largest absolute Gasteiger partial charge is 0.0894 e. The average Bonchev–Trinajstić information content (AvgIpc) is 3.13. The lowest BCUT2D eigenvalue weighted by molar-refractivity contribution is 1.72. The van der Waals surface area contributed by atoms with Gasteiger partial charge in [-0.15, -0.1) is 0 Å². The first kappa shape index (κ1) is 33.6. The monoisotopic (exact) mass is 724 g/mol. The maximum absolute atomic E-state index is 6.94. The van der Waals surface area contributed by atoms with Crippen LogP contribution in [0.2, 0.25) is 0 Å². The summed E-state index contributed by atoms with van der Waals surface area (Å²) < 4.78 is 0. The molecule has 0 spiro atoms. The van der Waals surface area contributed by atoms with E-state index in [2.05, 4.69) is 182 Å². The molecular formula is C39H36P4S3. The van der Waals surface area contributed by atoms with Crippen molar-refractivity contribution in [2.75, 3.05) is 17.7 Å². The van der Waals surface area contributed by atoms with Crippen molar-refractivity contribution in [1.29, 1.82) is 0 Å². The summed E-state index contributed by atoms with van der Waals surface area (Å²) in [6.45, 7) is 0. The minimum atomic E-state index is -2.21. The van der Waals surface area contributed by atoms with Gasteiger partial charge in [0.2, 0.25) is 0 Å². The quantitative estimate of drug-likeness (QED) is 0.116. The molecule has 6 aromatic carbocycles. The van der Waals surface area contributed by atoms with E-state index in [1.165, 1.54) is 31.8 Å². The highest BCUT2D eigenvalue weighted by atomic mass is 32.5. The zero-order valence-corrected chi connectivity index (χ0v) is 31.5. The molecule has 0 saturated carbocycles. The zero-order chi connectivity index (χ0) is 31.9. The van der Waals surface area contributed by atoms with Gasteiger partial charge < -0.3 is 0 Å². The second kappa shape index (κ2) is 15.3. The Labute approximate surface area is 291 Å². The van der Waals surface area contributed by atoms with Crippen molar-refractivity contribution in [3.05, 3.63) is 182 Å². The molecule has 0 aromatic heterocycles. The minimum absolute atomic E-state index is 0.731. The second-order valence-electron chi connectivity index (χ2n) is 11.3. The predicted octanol–water partition coefficient (Wildman–Crippen LogP) is 8.73. The first-order valence-electron chi connectivity index (χ1n) is 15.3. The van der Waals surface area contributed by atoms with Gasteiger partial charge in [-0.3, -0.25) is 0 Å². The van der Waals surface area contributed by atoms with Crippen molar-refractivity contribution in [3.63, 3.8) is 0 Å². The summed E-state index contributed by atoms with van der Waals surface area (Å²) in [5.74, 6) is 2.80. The Balaban J connectivity index is 1.55. The van der Waals surface area contributed by atoms with E-state index < -0.39 is 26.0 Å². The highest BCUT2D eigenvalue weighted by Gasteiger charge is 2.35. The van der Waals surface area contributed by atoms with E-state index >= 15 is 0 Å². The summed E-state index contributed by atoms with van der Waals surface area (Å²) in [6, 6.07) is 58.5. The molecule has 0 fully saturated rings. The van der Waals surface area contributed by atoms with Crippen molar-refractivity contribution in [2.24, 2.45) is 0 Å². The summed E-state index contributed by atoms with van der Waals surface area (Å²) in [4.78, 5) is 0. The molecule has 0 aliphatic heterocycles. The van der Waals surface area contributed by atoms with Crippen LogP contribution in [-0.4, -0.2) is 17.7 Å². The van der Waals surface area contributed by atoms with Gasteiger partial charge in [0, 0.05) is 35.8 Å². The molecule has 0 saturated heterocycles. The minimum Gasteiger partial charge on any atom is -0.0894 e. The molecule has 0 radical (unpaired) electrons. The molecular weight excluding hydrogens is 689 g/mol. The zero-order valence-electron chi connectivity index (χ0n) is 25.5. The van der Waals surface area contributed by atoms with E-state index in [1.54, 1.807) is 0 Å². The molecule has 0 N–H and O–H groups in total. The van der Waals surface area contributed by atoms with Crippen molar-refractivity contribution >= 4 is 93.3 Å². The maximum atomic E-state index is 6.94. The fraction of sp³-hybridized carbons (Fsp3) is 0.0769. The third kappa shape index (κ3) is 7.39. The Bertz CT molecular complexity index is 1620. The smallest absolute Gasteiger partial charge is 0.0147 e. The fourth-order valence-electron chi connectivity index (χ4n) is 5.93. The summed E-state index contributed by atoms with van der Waals surface area (Å²) in [6.07, 6.45) is 0. The van der Waals surface area contributed by atoms with E-state index in [4.69, 9.17) is 35.4 Å². The van der Waals surface area contributed by atoms with E-state index in [0.717, 1.165) is 17.7 Å². The lowest BCUT2D eigenvalue weighted by Gasteiger charge is -2.36. The van der Waals surface area contributed by atoms with Crippen LogP contribution in [0.5, 0.6) is 0 Å². The molecule has 0 nitrogen and oxygen atoms in total. The van der Waals surface area contributed by atoms with Crippen LogP contribution in [0.3, 0.4) is 0 Å². The van der Waals surface area contributed by atoms with Gasteiger partial charge in [-0.25, -0.2) is 0 Å². The van der Waals surface area contributed by atoms with Crippen LogP contribution in [0.15, 0.2) is 182 Å². The summed E-state index contributed by atoms with van der Waals surface area (Å²) in [7, 11) is -0.731. The summed E-state index contributed by atoms with van der Waals surface area (Å²) >= 11 is 20.8. The lowest BCUT2D eigenvalue weighted by atomic mass is 10.4. The topological polar surface area (TPSA) is 0 Å². The fourth-order valence-corrected chi connectivity index (χ4v) is 31.5. The summed E-state index contributed by atoms with van der Waals surface area (Å²) in [5, 5.41) is 7.61. The molecule has 0 unspecified atom stereocenters. The molecule has 0 atom stereocenters. The van der Waals surface area contributed by atoms with Crippen LogP contribution < -0.4 is 31.8 Å². The number of benzene rings is 6. The maximum Gasteiger partial charge on any atom is 0.0147 e. The van der Waals surface area contributed by atoms with Crippen molar-refractivity contribution in [3.8, 4) is 0 Å². The van der Waals surface area contributed by atoms with Gasteiger partial charge in [-0.2, -0.15) is 0 Å². The molecule has 0 bridgehead atoms. The van der Waals surface area contributed by atoms with Crippen LogP contribution in [-0.2, 0) is 35.4 Å². The van der Waals surface area contributed by atoms with Gasteiger partial charge in [0.25, 0.3) is 0 Å². The Morgan fingerprint density at radius 1 is 0.283 bits per heavy atom.